The molecule has 0 spiro atoms. The van der Waals surface area contributed by atoms with Crippen LogP contribution < -0.4 is 5.01 Å². The van der Waals surface area contributed by atoms with E-state index in [0.29, 0.717) is 17.2 Å². The number of non-ortho nitro benzene ring substituents is 1. The van der Waals surface area contributed by atoms with E-state index >= 15 is 0 Å². The molecule has 0 N–H and O–H groups in total. The van der Waals surface area contributed by atoms with E-state index in [4.69, 9.17) is 4.63 Å². The fourth-order valence-electron chi connectivity index (χ4n) is 1.92. The molecule has 0 aliphatic carbocycles. The van der Waals surface area contributed by atoms with Crippen molar-refractivity contribution in [3.8, 4) is 0 Å². The van der Waals surface area contributed by atoms with Gasteiger partial charge in [0.2, 0.25) is 11.6 Å². The molecular weight excluding hydrogens is 332 g/mol. The van der Waals surface area contributed by atoms with Crippen LogP contribution in [0.25, 0.3) is 0 Å². The van der Waals surface area contributed by atoms with E-state index in [1.54, 1.807) is 26.0 Å². The Balaban J connectivity index is 1.86. The molecule has 12 heteroatoms. The molecule has 0 fully saturated rings. The molecule has 0 aliphatic rings. The van der Waals surface area contributed by atoms with Gasteiger partial charge in [0.1, 0.15) is 11.4 Å². The van der Waals surface area contributed by atoms with Gasteiger partial charge in [-0.3, -0.25) is 10.1 Å². The van der Waals surface area contributed by atoms with Crippen LogP contribution in [0.2, 0.25) is 0 Å². The SMILES string of the molecule is Cc1nonc1N=NN(Cc1ccc([N+](=O)[O-])cc1)c1nonc1C. The molecule has 12 nitrogen and oxygen atoms in total. The molecule has 0 radical (unpaired) electrons. The molecular formula is C13H12N8O4. The minimum atomic E-state index is -0.465. The van der Waals surface area contributed by atoms with Gasteiger partial charge in [0.05, 0.1) is 11.5 Å². The second-order valence-corrected chi connectivity index (χ2v) is 5.02. The average Bonchev–Trinajstić information content (AvgIpc) is 3.20. The number of hydrogen-bond acceptors (Lipinski definition) is 10. The summed E-state index contributed by atoms with van der Waals surface area (Å²) in [7, 11) is 0. The Labute approximate surface area is 140 Å². The van der Waals surface area contributed by atoms with Crippen LogP contribution >= 0.6 is 0 Å². The molecule has 3 aromatic rings. The molecule has 2 aromatic heterocycles. The van der Waals surface area contributed by atoms with Gasteiger partial charge < -0.3 is 0 Å². The van der Waals surface area contributed by atoms with Crippen molar-refractivity contribution in [2.75, 3.05) is 5.01 Å². The first-order chi connectivity index (χ1) is 12.0. The lowest BCUT2D eigenvalue weighted by Gasteiger charge is -2.14. The highest BCUT2D eigenvalue weighted by molar-refractivity contribution is 5.42. The van der Waals surface area contributed by atoms with Crippen LogP contribution in [0.1, 0.15) is 17.0 Å². The summed E-state index contributed by atoms with van der Waals surface area (Å²) in [5.74, 6) is 0.582. The molecule has 1 aromatic carbocycles. The Morgan fingerprint density at radius 2 is 1.76 bits per heavy atom. The quantitative estimate of drug-likeness (QED) is 0.373. The van der Waals surface area contributed by atoms with E-state index in [9.17, 15) is 10.1 Å². The number of anilines is 1. The Hall–Kier alpha value is -3.70. The fraction of sp³-hybridized carbons (Fsp3) is 0.231. The van der Waals surface area contributed by atoms with Gasteiger partial charge in [-0.15, -0.1) is 5.11 Å². The summed E-state index contributed by atoms with van der Waals surface area (Å²) < 4.78 is 9.26. The third-order valence-electron chi connectivity index (χ3n) is 3.23. The minimum Gasteiger partial charge on any atom is -0.258 e. The zero-order chi connectivity index (χ0) is 17.8. The fourth-order valence-corrected chi connectivity index (χ4v) is 1.92. The number of nitro groups is 1. The normalized spacial score (nSPS) is 11.1. The van der Waals surface area contributed by atoms with Crippen molar-refractivity contribution >= 4 is 17.3 Å². The smallest absolute Gasteiger partial charge is 0.258 e. The van der Waals surface area contributed by atoms with Crippen LogP contribution in [0.5, 0.6) is 0 Å². The monoisotopic (exact) mass is 344 g/mol. The maximum atomic E-state index is 10.7. The van der Waals surface area contributed by atoms with Crippen molar-refractivity contribution in [3.05, 3.63) is 51.3 Å². The molecule has 0 saturated carbocycles. The summed E-state index contributed by atoms with van der Waals surface area (Å²) in [6.07, 6.45) is 0. The molecule has 2 heterocycles. The molecule has 0 bridgehead atoms. The van der Waals surface area contributed by atoms with Gasteiger partial charge >= 0.3 is 0 Å². The molecule has 0 unspecified atom stereocenters. The Morgan fingerprint density at radius 3 is 2.32 bits per heavy atom. The largest absolute Gasteiger partial charge is 0.269 e. The van der Waals surface area contributed by atoms with E-state index in [1.165, 1.54) is 17.1 Å². The van der Waals surface area contributed by atoms with Gasteiger partial charge in [-0.05, 0) is 29.7 Å². The lowest BCUT2D eigenvalue weighted by molar-refractivity contribution is -0.384. The van der Waals surface area contributed by atoms with Crippen molar-refractivity contribution in [1.82, 2.24) is 20.6 Å². The highest BCUT2D eigenvalue weighted by atomic mass is 16.6. The highest BCUT2D eigenvalue weighted by Gasteiger charge is 2.16. The van der Waals surface area contributed by atoms with Crippen LogP contribution in [0.3, 0.4) is 0 Å². The highest BCUT2D eigenvalue weighted by Crippen LogP contribution is 2.22. The first-order valence-corrected chi connectivity index (χ1v) is 7.05. The van der Waals surface area contributed by atoms with Crippen LogP contribution in [-0.4, -0.2) is 25.5 Å². The van der Waals surface area contributed by atoms with Crippen molar-refractivity contribution in [1.29, 1.82) is 0 Å². The summed E-state index contributed by atoms with van der Waals surface area (Å²) in [5.41, 5.74) is 1.74. The van der Waals surface area contributed by atoms with Crippen LogP contribution in [0, 0.1) is 24.0 Å². The van der Waals surface area contributed by atoms with E-state index in [2.05, 4.69) is 35.6 Å². The van der Waals surface area contributed by atoms with E-state index < -0.39 is 4.92 Å². The van der Waals surface area contributed by atoms with Gasteiger partial charge in [0.15, 0.2) is 0 Å². The predicted octanol–water partition coefficient (Wildman–Crippen LogP) is 2.68. The third kappa shape index (κ3) is 3.63. The predicted molar refractivity (Wildman–Crippen MR) is 81.9 cm³/mol. The summed E-state index contributed by atoms with van der Waals surface area (Å²) in [6.45, 7) is 3.61. The standard InChI is InChI=1S/C13H12N8O4/c1-8-12(17-24-15-8)14-19-20(13-9(2)16-25-18-13)7-10-3-5-11(6-4-10)21(22)23/h3-6H,7H2,1-2H3. The zero-order valence-electron chi connectivity index (χ0n) is 13.2. The Kier molecular flexibility index (Phi) is 4.41. The molecule has 3 rings (SSSR count). The molecule has 0 aliphatic heterocycles. The zero-order valence-corrected chi connectivity index (χ0v) is 13.2. The lowest BCUT2D eigenvalue weighted by atomic mass is 10.2. The number of rotatable bonds is 6. The van der Waals surface area contributed by atoms with E-state index in [1.807, 2.05) is 0 Å². The number of aromatic nitrogens is 4. The summed E-state index contributed by atoms with van der Waals surface area (Å²) >= 11 is 0. The summed E-state index contributed by atoms with van der Waals surface area (Å²) in [5, 5.41) is 35.0. The molecule has 128 valence electrons. The van der Waals surface area contributed by atoms with Gasteiger partial charge in [-0.2, -0.15) is 0 Å². The maximum absolute atomic E-state index is 10.7. The molecule has 25 heavy (non-hydrogen) atoms. The maximum Gasteiger partial charge on any atom is 0.269 e. The molecule has 0 saturated heterocycles. The first kappa shape index (κ1) is 16.2. The number of aryl methyl sites for hydroxylation is 2. The topological polar surface area (TPSA) is 149 Å². The lowest BCUT2D eigenvalue weighted by Crippen LogP contribution is -2.16. The van der Waals surface area contributed by atoms with Gasteiger partial charge in [-0.25, -0.2) is 14.3 Å². The minimum absolute atomic E-state index is 0.000468. The average molecular weight is 344 g/mol. The van der Waals surface area contributed by atoms with Gasteiger partial charge in [-0.1, -0.05) is 27.7 Å². The first-order valence-electron chi connectivity index (χ1n) is 7.05. The summed E-state index contributed by atoms with van der Waals surface area (Å²) in [6, 6.07) is 6.05. The van der Waals surface area contributed by atoms with Crippen molar-refractivity contribution in [2.24, 2.45) is 10.3 Å². The Bertz CT molecular complexity index is 901. The molecule has 0 amide bonds. The van der Waals surface area contributed by atoms with E-state index in [0.717, 1.165) is 5.56 Å². The van der Waals surface area contributed by atoms with Crippen molar-refractivity contribution < 1.29 is 14.2 Å². The second-order valence-electron chi connectivity index (χ2n) is 5.02. The Morgan fingerprint density at radius 1 is 1.08 bits per heavy atom. The number of benzene rings is 1. The van der Waals surface area contributed by atoms with Crippen LogP contribution in [0.4, 0.5) is 17.3 Å². The van der Waals surface area contributed by atoms with Crippen LogP contribution in [0.15, 0.2) is 43.9 Å². The van der Waals surface area contributed by atoms with Crippen molar-refractivity contribution in [2.45, 2.75) is 20.4 Å². The van der Waals surface area contributed by atoms with E-state index in [-0.39, 0.29) is 18.1 Å². The third-order valence-corrected chi connectivity index (χ3v) is 3.23. The van der Waals surface area contributed by atoms with Crippen LogP contribution in [-0.2, 0) is 6.54 Å². The number of hydrogen-bond donors (Lipinski definition) is 0. The van der Waals surface area contributed by atoms with Gasteiger partial charge in [0, 0.05) is 12.1 Å². The number of nitro benzene ring substituents is 1. The number of nitrogens with zero attached hydrogens (tertiary/aromatic N) is 8. The second kappa shape index (κ2) is 6.82. The molecule has 0 atom stereocenters. The summed E-state index contributed by atoms with van der Waals surface area (Å²) in [4.78, 5) is 10.3. The van der Waals surface area contributed by atoms with Crippen molar-refractivity contribution in [3.63, 3.8) is 0 Å². The van der Waals surface area contributed by atoms with Gasteiger partial charge in [0.25, 0.3) is 5.69 Å².